The van der Waals surface area contributed by atoms with Crippen LogP contribution in [0.4, 0.5) is 13.2 Å². The molecule has 0 radical (unpaired) electrons. The standard InChI is InChI=1S/C11H19ClF3NO/c1-9-3-5-16(10(9)7-12)4-2-6-17-8-11(13,14)15/h9-10H,2-8H2,1H3. The van der Waals surface area contributed by atoms with E-state index in [9.17, 15) is 13.2 Å². The number of hydrogen-bond donors (Lipinski definition) is 0. The second-order valence-corrected chi connectivity index (χ2v) is 4.85. The van der Waals surface area contributed by atoms with Gasteiger partial charge in [-0.1, -0.05) is 6.92 Å². The van der Waals surface area contributed by atoms with Crippen LogP contribution in [0.2, 0.25) is 0 Å². The summed E-state index contributed by atoms with van der Waals surface area (Å²) in [7, 11) is 0. The van der Waals surface area contributed by atoms with Gasteiger partial charge in [-0.2, -0.15) is 13.2 Å². The average molecular weight is 274 g/mol. The average Bonchev–Trinajstić information content (AvgIpc) is 2.57. The minimum absolute atomic E-state index is 0.152. The Hall–Kier alpha value is -0.0000000000000000555. The molecule has 1 saturated heterocycles. The van der Waals surface area contributed by atoms with Crippen LogP contribution in [0.5, 0.6) is 0 Å². The van der Waals surface area contributed by atoms with Gasteiger partial charge in [0.05, 0.1) is 0 Å². The zero-order valence-electron chi connectivity index (χ0n) is 9.97. The number of halogens is 4. The van der Waals surface area contributed by atoms with Gasteiger partial charge in [0.15, 0.2) is 0 Å². The van der Waals surface area contributed by atoms with Gasteiger partial charge in [0.25, 0.3) is 0 Å². The molecule has 0 bridgehead atoms. The maximum atomic E-state index is 11.8. The van der Waals surface area contributed by atoms with Crippen LogP contribution in [0.1, 0.15) is 19.8 Å². The summed E-state index contributed by atoms with van der Waals surface area (Å²) < 4.78 is 40.0. The van der Waals surface area contributed by atoms with Crippen molar-refractivity contribution in [1.29, 1.82) is 0 Å². The predicted molar refractivity (Wildman–Crippen MR) is 61.4 cm³/mol. The van der Waals surface area contributed by atoms with E-state index in [0.29, 0.717) is 24.3 Å². The Balaban J connectivity index is 2.11. The molecule has 0 aromatic heterocycles. The van der Waals surface area contributed by atoms with Crippen molar-refractivity contribution in [3.63, 3.8) is 0 Å². The normalized spacial score (nSPS) is 26.6. The van der Waals surface area contributed by atoms with Gasteiger partial charge < -0.3 is 4.74 Å². The van der Waals surface area contributed by atoms with E-state index in [1.54, 1.807) is 0 Å². The maximum Gasteiger partial charge on any atom is 0.411 e. The Kier molecular flexibility index (Phi) is 6.03. The Morgan fingerprint density at radius 2 is 2.12 bits per heavy atom. The first-order chi connectivity index (χ1) is 7.94. The minimum Gasteiger partial charge on any atom is -0.372 e. The molecule has 0 aromatic carbocycles. The number of nitrogens with zero attached hydrogens (tertiary/aromatic N) is 1. The van der Waals surface area contributed by atoms with Gasteiger partial charge in [-0.25, -0.2) is 0 Å². The highest BCUT2D eigenvalue weighted by Gasteiger charge is 2.30. The molecule has 2 unspecified atom stereocenters. The van der Waals surface area contributed by atoms with Crippen molar-refractivity contribution in [2.45, 2.75) is 32.0 Å². The smallest absolute Gasteiger partial charge is 0.372 e. The first-order valence-corrected chi connectivity index (χ1v) is 6.42. The third kappa shape index (κ3) is 5.44. The van der Waals surface area contributed by atoms with Crippen LogP contribution in [0.25, 0.3) is 0 Å². The molecule has 2 atom stereocenters. The van der Waals surface area contributed by atoms with Crippen LogP contribution in [-0.2, 0) is 4.74 Å². The predicted octanol–water partition coefficient (Wildman–Crippen LogP) is 2.90. The molecule has 6 heteroatoms. The van der Waals surface area contributed by atoms with Crippen molar-refractivity contribution in [3.8, 4) is 0 Å². The lowest BCUT2D eigenvalue weighted by Gasteiger charge is -2.24. The summed E-state index contributed by atoms with van der Waals surface area (Å²) in [5.74, 6) is 1.16. The first kappa shape index (κ1) is 15.1. The fraction of sp³-hybridized carbons (Fsp3) is 1.00. The van der Waals surface area contributed by atoms with E-state index in [1.165, 1.54) is 0 Å². The molecule has 1 fully saturated rings. The van der Waals surface area contributed by atoms with Crippen molar-refractivity contribution >= 4 is 11.6 Å². The quantitative estimate of drug-likeness (QED) is 0.545. The summed E-state index contributed by atoms with van der Waals surface area (Å²) >= 11 is 5.88. The highest BCUT2D eigenvalue weighted by molar-refractivity contribution is 6.18. The summed E-state index contributed by atoms with van der Waals surface area (Å²) in [6.07, 6.45) is -2.49. The first-order valence-electron chi connectivity index (χ1n) is 5.88. The van der Waals surface area contributed by atoms with Crippen LogP contribution < -0.4 is 0 Å². The van der Waals surface area contributed by atoms with Crippen LogP contribution in [-0.4, -0.2) is 49.3 Å². The molecule has 1 aliphatic rings. The Morgan fingerprint density at radius 1 is 1.41 bits per heavy atom. The number of likely N-dealkylation sites (tertiary alicyclic amines) is 1. The van der Waals surface area contributed by atoms with E-state index in [-0.39, 0.29) is 6.61 Å². The molecular weight excluding hydrogens is 255 g/mol. The molecule has 0 saturated carbocycles. The second-order valence-electron chi connectivity index (χ2n) is 4.54. The van der Waals surface area contributed by atoms with Crippen molar-refractivity contribution in [3.05, 3.63) is 0 Å². The highest BCUT2D eigenvalue weighted by Crippen LogP contribution is 2.24. The highest BCUT2D eigenvalue weighted by atomic mass is 35.5. The summed E-state index contributed by atoms with van der Waals surface area (Å²) in [6, 6.07) is 0.360. The summed E-state index contributed by atoms with van der Waals surface area (Å²) in [5, 5.41) is 0. The molecule has 102 valence electrons. The van der Waals surface area contributed by atoms with E-state index in [1.807, 2.05) is 0 Å². The fourth-order valence-corrected chi connectivity index (χ4v) is 2.67. The molecule has 0 amide bonds. The van der Waals surface area contributed by atoms with Crippen molar-refractivity contribution in [2.75, 3.05) is 32.2 Å². The largest absolute Gasteiger partial charge is 0.411 e. The van der Waals surface area contributed by atoms with Gasteiger partial charge >= 0.3 is 6.18 Å². The van der Waals surface area contributed by atoms with E-state index in [4.69, 9.17) is 11.6 Å². The monoisotopic (exact) mass is 273 g/mol. The second kappa shape index (κ2) is 6.81. The van der Waals surface area contributed by atoms with Crippen LogP contribution in [0.3, 0.4) is 0 Å². The van der Waals surface area contributed by atoms with Crippen molar-refractivity contribution in [2.24, 2.45) is 5.92 Å². The molecule has 17 heavy (non-hydrogen) atoms. The number of alkyl halides is 4. The molecule has 0 aromatic rings. The van der Waals surface area contributed by atoms with E-state index in [0.717, 1.165) is 19.5 Å². The zero-order valence-corrected chi connectivity index (χ0v) is 10.7. The molecule has 2 nitrogen and oxygen atoms in total. The SMILES string of the molecule is CC1CCN(CCCOCC(F)(F)F)C1CCl. The summed E-state index contributed by atoms with van der Waals surface area (Å²) in [6.45, 7) is 2.91. The van der Waals surface area contributed by atoms with Crippen LogP contribution in [0, 0.1) is 5.92 Å². The molecule has 0 spiro atoms. The summed E-state index contributed by atoms with van der Waals surface area (Å²) in [5.41, 5.74) is 0. The van der Waals surface area contributed by atoms with Gasteiger partial charge in [-0.05, 0) is 25.3 Å². The number of ether oxygens (including phenoxy) is 1. The maximum absolute atomic E-state index is 11.8. The molecular formula is C11H19ClF3NO. The number of hydrogen-bond acceptors (Lipinski definition) is 2. The van der Waals surface area contributed by atoms with Gasteiger partial charge in [-0.15, -0.1) is 11.6 Å². The minimum atomic E-state index is -4.22. The van der Waals surface area contributed by atoms with Gasteiger partial charge in [0.2, 0.25) is 0 Å². The Bertz CT molecular complexity index is 225. The topological polar surface area (TPSA) is 12.5 Å². The molecule has 0 N–H and O–H groups in total. The van der Waals surface area contributed by atoms with Crippen molar-refractivity contribution < 1.29 is 17.9 Å². The van der Waals surface area contributed by atoms with E-state index >= 15 is 0 Å². The molecule has 1 aliphatic heterocycles. The van der Waals surface area contributed by atoms with E-state index in [2.05, 4.69) is 16.6 Å². The third-order valence-electron chi connectivity index (χ3n) is 3.16. The van der Waals surface area contributed by atoms with Crippen LogP contribution in [0.15, 0.2) is 0 Å². The number of rotatable bonds is 6. The lowest BCUT2D eigenvalue weighted by molar-refractivity contribution is -0.174. The Morgan fingerprint density at radius 3 is 2.71 bits per heavy atom. The lowest BCUT2D eigenvalue weighted by atomic mass is 10.1. The molecule has 0 aliphatic carbocycles. The van der Waals surface area contributed by atoms with Crippen LogP contribution >= 0.6 is 11.6 Å². The third-order valence-corrected chi connectivity index (χ3v) is 3.47. The van der Waals surface area contributed by atoms with Gasteiger partial charge in [-0.3, -0.25) is 4.90 Å². The molecule has 1 heterocycles. The fourth-order valence-electron chi connectivity index (χ4n) is 2.17. The lowest BCUT2D eigenvalue weighted by Crippen LogP contribution is -2.34. The summed E-state index contributed by atoms with van der Waals surface area (Å²) in [4.78, 5) is 2.24. The molecule has 1 rings (SSSR count). The van der Waals surface area contributed by atoms with Gasteiger partial charge in [0.1, 0.15) is 6.61 Å². The zero-order chi connectivity index (χ0) is 12.9. The Labute approximate surface area is 105 Å². The van der Waals surface area contributed by atoms with Crippen molar-refractivity contribution in [1.82, 2.24) is 4.90 Å². The van der Waals surface area contributed by atoms with E-state index < -0.39 is 12.8 Å². The van der Waals surface area contributed by atoms with Gasteiger partial charge in [0, 0.05) is 25.1 Å².